The molecule has 1 aliphatic carbocycles. The van der Waals surface area contributed by atoms with Gasteiger partial charge in [0.25, 0.3) is 0 Å². The van der Waals surface area contributed by atoms with Crippen LogP contribution in [0.5, 0.6) is 0 Å². The molecule has 0 saturated carbocycles. The number of rotatable bonds is 1. The molecule has 1 aromatic heterocycles. The largest absolute Gasteiger partial charge is 0.374 e. The molecule has 0 N–H and O–H groups in total. The van der Waals surface area contributed by atoms with E-state index in [0.29, 0.717) is 6.04 Å². The summed E-state index contributed by atoms with van der Waals surface area (Å²) in [7, 11) is 0. The average molecular weight is 278 g/mol. The Balaban J connectivity index is 1.60. The summed E-state index contributed by atoms with van der Waals surface area (Å²) in [5, 5.41) is 0. The van der Waals surface area contributed by atoms with Crippen molar-refractivity contribution in [1.29, 1.82) is 0 Å². The van der Waals surface area contributed by atoms with E-state index in [9.17, 15) is 0 Å². The van der Waals surface area contributed by atoms with Gasteiger partial charge in [0.15, 0.2) is 0 Å². The van der Waals surface area contributed by atoms with Gasteiger partial charge >= 0.3 is 0 Å². The summed E-state index contributed by atoms with van der Waals surface area (Å²) in [6.07, 6.45) is 10.8. The van der Waals surface area contributed by atoms with Gasteiger partial charge in [-0.15, -0.1) is 0 Å². The molecule has 2 saturated heterocycles. The fourth-order valence-electron chi connectivity index (χ4n) is 3.91. The fourth-order valence-corrected chi connectivity index (χ4v) is 5.29. The molecule has 2 aliphatic heterocycles. The van der Waals surface area contributed by atoms with Crippen LogP contribution in [-0.2, 0) is 17.6 Å². The molecule has 19 heavy (non-hydrogen) atoms. The van der Waals surface area contributed by atoms with Crippen molar-refractivity contribution < 1.29 is 4.74 Å². The highest BCUT2D eigenvalue weighted by Gasteiger charge is 2.41. The molecule has 3 nitrogen and oxygen atoms in total. The summed E-state index contributed by atoms with van der Waals surface area (Å²) in [4.78, 5) is 4.66. The van der Waals surface area contributed by atoms with Gasteiger partial charge in [0, 0.05) is 24.1 Å². The highest BCUT2D eigenvalue weighted by molar-refractivity contribution is 7.99. The first-order valence-electron chi connectivity index (χ1n) is 7.63. The lowest BCUT2D eigenvalue weighted by molar-refractivity contribution is -0.0765. The third kappa shape index (κ3) is 2.13. The zero-order valence-corrected chi connectivity index (χ0v) is 12.3. The third-order valence-corrected chi connectivity index (χ3v) is 6.21. The Morgan fingerprint density at radius 1 is 1.37 bits per heavy atom. The second-order valence-electron chi connectivity index (χ2n) is 6.23. The molecule has 4 rings (SSSR count). The molecular weight excluding hydrogens is 256 g/mol. The van der Waals surface area contributed by atoms with E-state index in [4.69, 9.17) is 4.74 Å². The van der Waals surface area contributed by atoms with Crippen molar-refractivity contribution in [3.8, 4) is 0 Å². The normalized spacial score (nSPS) is 34.6. The first-order chi connectivity index (χ1) is 9.36. The summed E-state index contributed by atoms with van der Waals surface area (Å²) in [6, 6.07) is 0.627. The van der Waals surface area contributed by atoms with Crippen LogP contribution in [0, 0.1) is 0 Å². The van der Waals surface area contributed by atoms with Crippen LogP contribution in [-0.4, -0.2) is 33.3 Å². The van der Waals surface area contributed by atoms with Crippen molar-refractivity contribution in [2.24, 2.45) is 0 Å². The average Bonchev–Trinajstić information content (AvgIpc) is 3.06. The number of aryl methyl sites for hydroxylation is 1. The summed E-state index contributed by atoms with van der Waals surface area (Å²) >= 11 is 2.06. The van der Waals surface area contributed by atoms with E-state index in [1.165, 1.54) is 61.4 Å². The molecule has 0 amide bonds. The highest BCUT2D eigenvalue weighted by Crippen LogP contribution is 2.42. The number of imidazole rings is 1. The van der Waals surface area contributed by atoms with Gasteiger partial charge in [-0.25, -0.2) is 4.98 Å². The molecule has 0 radical (unpaired) electrons. The number of aromatic nitrogens is 2. The number of hydrogen-bond acceptors (Lipinski definition) is 3. The summed E-state index contributed by atoms with van der Waals surface area (Å²) in [5.74, 6) is 2.47. The van der Waals surface area contributed by atoms with Gasteiger partial charge in [0.1, 0.15) is 0 Å². The van der Waals surface area contributed by atoms with Gasteiger partial charge < -0.3 is 9.30 Å². The van der Waals surface area contributed by atoms with Crippen LogP contribution >= 0.6 is 11.8 Å². The van der Waals surface area contributed by atoms with E-state index in [2.05, 4.69) is 27.6 Å². The molecule has 3 aliphatic rings. The maximum absolute atomic E-state index is 6.14. The minimum absolute atomic E-state index is 0.180. The van der Waals surface area contributed by atoms with Crippen LogP contribution in [0.3, 0.4) is 0 Å². The fraction of sp³-hybridized carbons (Fsp3) is 0.800. The Hall–Kier alpha value is -0.480. The Kier molecular flexibility index (Phi) is 3.11. The third-order valence-electron chi connectivity index (χ3n) is 4.99. The minimum Gasteiger partial charge on any atom is -0.374 e. The molecule has 1 aromatic rings. The molecule has 4 heteroatoms. The predicted molar refractivity (Wildman–Crippen MR) is 77.8 cm³/mol. The van der Waals surface area contributed by atoms with E-state index >= 15 is 0 Å². The van der Waals surface area contributed by atoms with Gasteiger partial charge in [-0.05, 0) is 50.7 Å². The Bertz CT molecular complexity index is 465. The Labute approximate surface area is 119 Å². The predicted octanol–water partition coefficient (Wildman–Crippen LogP) is 2.99. The van der Waals surface area contributed by atoms with Crippen LogP contribution in [0.25, 0.3) is 0 Å². The first kappa shape index (κ1) is 12.3. The van der Waals surface area contributed by atoms with Crippen LogP contribution < -0.4 is 0 Å². The van der Waals surface area contributed by atoms with Crippen LogP contribution in [0.1, 0.15) is 49.5 Å². The smallest absolute Gasteiger partial charge is 0.0954 e. The second-order valence-corrected chi connectivity index (χ2v) is 7.34. The molecule has 2 atom stereocenters. The van der Waals surface area contributed by atoms with E-state index in [-0.39, 0.29) is 5.60 Å². The molecule has 2 fully saturated rings. The Morgan fingerprint density at radius 2 is 2.32 bits per heavy atom. The van der Waals surface area contributed by atoms with Crippen molar-refractivity contribution in [2.45, 2.75) is 56.6 Å². The molecule has 0 aromatic carbocycles. The summed E-state index contributed by atoms with van der Waals surface area (Å²) in [6.45, 7) is 0.929. The van der Waals surface area contributed by atoms with Gasteiger partial charge in [-0.2, -0.15) is 11.8 Å². The van der Waals surface area contributed by atoms with Crippen LogP contribution in [0.15, 0.2) is 6.33 Å². The zero-order chi connectivity index (χ0) is 12.7. The second kappa shape index (κ2) is 4.81. The molecule has 2 unspecified atom stereocenters. The summed E-state index contributed by atoms with van der Waals surface area (Å²) < 4.78 is 8.65. The lowest BCUT2D eigenvalue weighted by atomic mass is 9.89. The number of ether oxygens (including phenoxy) is 1. The minimum atomic E-state index is 0.180. The van der Waals surface area contributed by atoms with Crippen molar-refractivity contribution in [2.75, 3.05) is 18.1 Å². The maximum atomic E-state index is 6.14. The number of fused-ring (bicyclic) bond motifs is 1. The Morgan fingerprint density at radius 3 is 3.21 bits per heavy atom. The van der Waals surface area contributed by atoms with E-state index in [1.807, 2.05) is 0 Å². The van der Waals surface area contributed by atoms with Crippen molar-refractivity contribution >= 4 is 11.8 Å². The quantitative estimate of drug-likeness (QED) is 0.790. The van der Waals surface area contributed by atoms with Crippen molar-refractivity contribution in [1.82, 2.24) is 9.55 Å². The van der Waals surface area contributed by atoms with E-state index in [1.54, 1.807) is 0 Å². The lowest BCUT2D eigenvalue weighted by Gasteiger charge is -2.39. The molecular formula is C15H22N2OS. The monoisotopic (exact) mass is 278 g/mol. The number of thioether (sulfide) groups is 1. The SMILES string of the molecule is c1nc2c(n1C1CCOC3(CCSC3)C1)CCCC2. The van der Waals surface area contributed by atoms with Gasteiger partial charge in [0.05, 0.1) is 17.6 Å². The number of nitrogens with zero attached hydrogens (tertiary/aromatic N) is 2. The zero-order valence-electron chi connectivity index (χ0n) is 11.4. The van der Waals surface area contributed by atoms with E-state index < -0.39 is 0 Å². The first-order valence-corrected chi connectivity index (χ1v) is 8.78. The molecule has 104 valence electrons. The van der Waals surface area contributed by atoms with E-state index in [0.717, 1.165) is 13.0 Å². The van der Waals surface area contributed by atoms with Gasteiger partial charge in [-0.1, -0.05) is 0 Å². The highest BCUT2D eigenvalue weighted by atomic mass is 32.2. The number of hydrogen-bond donors (Lipinski definition) is 0. The van der Waals surface area contributed by atoms with Crippen molar-refractivity contribution in [3.05, 3.63) is 17.7 Å². The van der Waals surface area contributed by atoms with Crippen molar-refractivity contribution in [3.63, 3.8) is 0 Å². The molecule has 1 spiro atoms. The molecule has 0 bridgehead atoms. The van der Waals surface area contributed by atoms with Crippen LogP contribution in [0.4, 0.5) is 0 Å². The summed E-state index contributed by atoms with van der Waals surface area (Å²) in [5.41, 5.74) is 3.07. The van der Waals surface area contributed by atoms with Gasteiger partial charge in [-0.3, -0.25) is 0 Å². The van der Waals surface area contributed by atoms with Crippen LogP contribution in [0.2, 0.25) is 0 Å². The molecule has 3 heterocycles. The standard InChI is InChI=1S/C15H22N2OS/c1-2-4-14-13(3-1)16-11-17(14)12-5-7-18-15(9-12)6-8-19-10-15/h11-12H,1-10H2. The lowest BCUT2D eigenvalue weighted by Crippen LogP contribution is -2.40. The van der Waals surface area contributed by atoms with Gasteiger partial charge in [0.2, 0.25) is 0 Å². The maximum Gasteiger partial charge on any atom is 0.0954 e. The topological polar surface area (TPSA) is 27.1 Å².